The van der Waals surface area contributed by atoms with Crippen molar-refractivity contribution in [3.05, 3.63) is 11.6 Å². The summed E-state index contributed by atoms with van der Waals surface area (Å²) in [5.41, 5.74) is 2.00. The lowest BCUT2D eigenvalue weighted by Crippen LogP contribution is -2.57. The van der Waals surface area contributed by atoms with Crippen molar-refractivity contribution in [2.24, 2.45) is 45.3 Å². The minimum absolute atomic E-state index is 0.00970. The number of allylic oxidation sites excluding steroid dienone is 2. The van der Waals surface area contributed by atoms with Crippen LogP contribution in [-0.4, -0.2) is 29.6 Å². The SMILES string of the molecule is CC(=O)O[C@H](C[C@H](C)[C@H]1CC[C@]2(C)C3=CC[C@H]4C(C)(C)C(=O)CC[C@]4(C)[C@H]3CC[C@@]12C)[C@@H]1OC1(C)C. The van der Waals surface area contributed by atoms with Crippen LogP contribution in [0.3, 0.4) is 0 Å². The molecule has 36 heavy (non-hydrogen) atoms. The van der Waals surface area contributed by atoms with Gasteiger partial charge < -0.3 is 9.47 Å². The number of carbonyl (C=O) groups is 2. The molecular weight excluding hydrogens is 448 g/mol. The highest BCUT2D eigenvalue weighted by Gasteiger charge is 2.65. The van der Waals surface area contributed by atoms with Crippen LogP contribution < -0.4 is 0 Å². The van der Waals surface area contributed by atoms with E-state index in [9.17, 15) is 9.59 Å². The Morgan fingerprint density at radius 1 is 1.08 bits per heavy atom. The summed E-state index contributed by atoms with van der Waals surface area (Å²) in [4.78, 5) is 24.8. The lowest BCUT2D eigenvalue weighted by Gasteiger charge is -2.63. The number of carbonyl (C=O) groups excluding carboxylic acids is 2. The molecule has 9 atom stereocenters. The molecule has 5 rings (SSSR count). The Hall–Kier alpha value is -1.16. The maximum Gasteiger partial charge on any atom is 0.302 e. The summed E-state index contributed by atoms with van der Waals surface area (Å²) in [6, 6.07) is 0. The van der Waals surface area contributed by atoms with Crippen LogP contribution in [0.5, 0.6) is 0 Å². The molecule has 3 saturated carbocycles. The van der Waals surface area contributed by atoms with Gasteiger partial charge in [-0.3, -0.25) is 9.59 Å². The number of ether oxygens (including phenoxy) is 2. The van der Waals surface area contributed by atoms with E-state index in [1.165, 1.54) is 32.6 Å². The minimum atomic E-state index is -0.214. The van der Waals surface area contributed by atoms with Crippen molar-refractivity contribution >= 4 is 11.8 Å². The molecule has 1 aliphatic heterocycles. The van der Waals surface area contributed by atoms with E-state index in [0.29, 0.717) is 29.5 Å². The molecule has 0 aromatic heterocycles. The lowest BCUT2D eigenvalue weighted by molar-refractivity contribution is -0.149. The Bertz CT molecular complexity index is 977. The number of rotatable bonds is 5. The van der Waals surface area contributed by atoms with Crippen molar-refractivity contribution in [1.29, 1.82) is 0 Å². The van der Waals surface area contributed by atoms with Crippen molar-refractivity contribution in [3.8, 4) is 0 Å². The maximum absolute atomic E-state index is 12.9. The first kappa shape index (κ1) is 26.4. The van der Waals surface area contributed by atoms with Crippen LogP contribution in [0.4, 0.5) is 0 Å². The number of ketones is 1. The fourth-order valence-electron chi connectivity index (χ4n) is 10.3. The Balaban J connectivity index is 1.40. The van der Waals surface area contributed by atoms with Gasteiger partial charge in [-0.25, -0.2) is 0 Å². The van der Waals surface area contributed by atoms with Gasteiger partial charge in [-0.05, 0) is 98.7 Å². The molecule has 0 aromatic rings. The number of fused-ring (bicyclic) bond motifs is 5. The molecule has 4 nitrogen and oxygen atoms in total. The Kier molecular flexibility index (Phi) is 6.00. The largest absolute Gasteiger partial charge is 0.460 e. The van der Waals surface area contributed by atoms with E-state index in [1.54, 1.807) is 5.57 Å². The zero-order chi connectivity index (χ0) is 26.5. The van der Waals surface area contributed by atoms with E-state index in [1.807, 2.05) is 0 Å². The Labute approximate surface area is 219 Å². The maximum atomic E-state index is 12.9. The van der Waals surface area contributed by atoms with Crippen LogP contribution in [0.15, 0.2) is 11.6 Å². The van der Waals surface area contributed by atoms with Crippen molar-refractivity contribution in [1.82, 2.24) is 0 Å². The first-order valence-electron chi connectivity index (χ1n) is 14.7. The van der Waals surface area contributed by atoms with Gasteiger partial charge in [-0.1, -0.05) is 53.2 Å². The smallest absolute Gasteiger partial charge is 0.302 e. The van der Waals surface area contributed by atoms with Gasteiger partial charge in [0.1, 0.15) is 18.0 Å². The number of esters is 1. The van der Waals surface area contributed by atoms with Crippen LogP contribution in [-0.2, 0) is 19.1 Å². The third kappa shape index (κ3) is 3.62. The van der Waals surface area contributed by atoms with E-state index < -0.39 is 0 Å². The van der Waals surface area contributed by atoms with Gasteiger partial charge in [-0.15, -0.1) is 0 Å². The van der Waals surface area contributed by atoms with Gasteiger partial charge in [0.2, 0.25) is 0 Å². The summed E-state index contributed by atoms with van der Waals surface area (Å²) in [6.07, 6.45) is 11.2. The molecule has 5 aliphatic rings. The molecule has 202 valence electrons. The molecule has 0 amide bonds. The minimum Gasteiger partial charge on any atom is -0.460 e. The summed E-state index contributed by atoms with van der Waals surface area (Å²) in [5.74, 6) is 2.40. The summed E-state index contributed by atoms with van der Waals surface area (Å²) in [5, 5.41) is 0. The fraction of sp³-hybridized carbons (Fsp3) is 0.875. The van der Waals surface area contributed by atoms with E-state index in [0.717, 1.165) is 25.7 Å². The van der Waals surface area contributed by atoms with Gasteiger partial charge in [0.25, 0.3) is 0 Å². The average molecular weight is 499 g/mol. The molecule has 0 aromatic carbocycles. The van der Waals surface area contributed by atoms with Crippen molar-refractivity contribution in [2.45, 2.75) is 131 Å². The molecule has 4 fully saturated rings. The highest BCUT2D eigenvalue weighted by molar-refractivity contribution is 5.85. The van der Waals surface area contributed by atoms with Gasteiger partial charge >= 0.3 is 5.97 Å². The van der Waals surface area contributed by atoms with E-state index in [-0.39, 0.29) is 45.4 Å². The van der Waals surface area contributed by atoms with Gasteiger partial charge in [0.05, 0.1) is 5.60 Å². The molecule has 1 saturated heterocycles. The number of Topliss-reactive ketones (excluding diaryl/α,β-unsaturated/α-hetero) is 1. The van der Waals surface area contributed by atoms with E-state index >= 15 is 0 Å². The normalized spacial score (nSPS) is 46.0. The van der Waals surface area contributed by atoms with Crippen LogP contribution in [0.1, 0.15) is 114 Å². The first-order chi connectivity index (χ1) is 16.6. The predicted molar refractivity (Wildman–Crippen MR) is 142 cm³/mol. The Morgan fingerprint density at radius 2 is 1.75 bits per heavy atom. The van der Waals surface area contributed by atoms with Gasteiger partial charge in [-0.2, -0.15) is 0 Å². The molecule has 4 aliphatic carbocycles. The average Bonchev–Trinajstić information content (AvgIpc) is 3.31. The van der Waals surface area contributed by atoms with Crippen LogP contribution in [0.2, 0.25) is 0 Å². The number of epoxide rings is 1. The monoisotopic (exact) mass is 498 g/mol. The zero-order valence-electron chi connectivity index (χ0n) is 24.3. The topological polar surface area (TPSA) is 55.9 Å². The molecular formula is C32H50O4. The van der Waals surface area contributed by atoms with E-state index in [2.05, 4.69) is 61.5 Å². The second-order valence-corrected chi connectivity index (χ2v) is 15.1. The summed E-state index contributed by atoms with van der Waals surface area (Å²) in [6.45, 7) is 20.2. The van der Waals surface area contributed by atoms with Gasteiger partial charge in [0.15, 0.2) is 0 Å². The third-order valence-corrected chi connectivity index (χ3v) is 12.6. The number of hydrogen-bond donors (Lipinski definition) is 0. The quantitative estimate of drug-likeness (QED) is 0.227. The number of hydrogen-bond acceptors (Lipinski definition) is 4. The molecule has 1 heterocycles. The van der Waals surface area contributed by atoms with Crippen LogP contribution in [0, 0.1) is 45.3 Å². The zero-order valence-corrected chi connectivity index (χ0v) is 24.3. The summed E-state index contributed by atoms with van der Waals surface area (Å²) in [7, 11) is 0. The summed E-state index contributed by atoms with van der Waals surface area (Å²) >= 11 is 0. The second-order valence-electron chi connectivity index (χ2n) is 15.1. The van der Waals surface area contributed by atoms with Crippen LogP contribution >= 0.6 is 0 Å². The molecule has 4 heteroatoms. The van der Waals surface area contributed by atoms with E-state index in [4.69, 9.17) is 9.47 Å². The molecule has 0 spiro atoms. The molecule has 0 bridgehead atoms. The molecule has 0 unspecified atom stereocenters. The van der Waals surface area contributed by atoms with Crippen molar-refractivity contribution < 1.29 is 19.1 Å². The highest BCUT2D eigenvalue weighted by atomic mass is 16.6. The molecule has 0 radical (unpaired) electrons. The Morgan fingerprint density at radius 3 is 2.36 bits per heavy atom. The predicted octanol–water partition coefficient (Wildman–Crippen LogP) is 7.30. The molecule has 0 N–H and O–H groups in total. The fourth-order valence-corrected chi connectivity index (χ4v) is 10.3. The highest BCUT2D eigenvalue weighted by Crippen LogP contribution is 2.73. The second kappa shape index (κ2) is 8.17. The third-order valence-electron chi connectivity index (χ3n) is 12.6. The summed E-state index contributed by atoms with van der Waals surface area (Å²) < 4.78 is 11.7. The first-order valence-corrected chi connectivity index (χ1v) is 14.7. The lowest BCUT2D eigenvalue weighted by atomic mass is 9.41. The van der Waals surface area contributed by atoms with Crippen molar-refractivity contribution in [3.63, 3.8) is 0 Å². The van der Waals surface area contributed by atoms with Crippen molar-refractivity contribution in [2.75, 3.05) is 0 Å². The standard InChI is InChI=1S/C32H50O4/c1-19(18-24(35-20(2)33)27-29(5,6)36-27)21-12-16-32(9)23-10-11-25-28(3,4)26(34)14-15-30(25,7)22(23)13-17-31(21,32)8/h10,19,21-22,24-25,27H,11-18H2,1-9H3/t19-,21+,22-,24+,25-,27-,30+,31-,32+/m0/s1. The van der Waals surface area contributed by atoms with Crippen LogP contribution in [0.25, 0.3) is 0 Å². The van der Waals surface area contributed by atoms with Gasteiger partial charge in [0, 0.05) is 18.8 Å².